The molecule has 2 aromatic rings. The maximum absolute atomic E-state index is 11.8. The second-order valence-corrected chi connectivity index (χ2v) is 5.36. The molecule has 0 saturated carbocycles. The first kappa shape index (κ1) is 12.9. The maximum Gasteiger partial charge on any atom is 0.248 e. The van der Waals surface area contributed by atoms with E-state index in [9.17, 15) is 4.79 Å². The Hall–Kier alpha value is -2.08. The van der Waals surface area contributed by atoms with Crippen molar-refractivity contribution in [3.63, 3.8) is 0 Å². The highest BCUT2D eigenvalue weighted by Gasteiger charge is 2.13. The topological polar surface area (TPSA) is 52.8 Å². The van der Waals surface area contributed by atoms with Gasteiger partial charge in [-0.2, -0.15) is 4.99 Å². The summed E-state index contributed by atoms with van der Waals surface area (Å²) in [5.41, 5.74) is 1.05. The molecule has 0 aliphatic carbocycles. The third-order valence-corrected chi connectivity index (χ3v) is 3.89. The van der Waals surface area contributed by atoms with Crippen LogP contribution in [0, 0.1) is 0 Å². The molecule has 0 unspecified atom stereocenters. The van der Waals surface area contributed by atoms with Crippen molar-refractivity contribution in [3.8, 4) is 11.5 Å². The van der Waals surface area contributed by atoms with Crippen molar-refractivity contribution in [1.29, 1.82) is 0 Å². The molecule has 0 bridgehead atoms. The van der Waals surface area contributed by atoms with Crippen LogP contribution in [0.15, 0.2) is 34.8 Å². The van der Waals surface area contributed by atoms with Crippen LogP contribution in [0.1, 0.15) is 12.0 Å². The number of aromatic nitrogens is 1. The molecule has 6 heteroatoms. The molecule has 1 amide bonds. The smallest absolute Gasteiger partial charge is 0.248 e. The fourth-order valence-corrected chi connectivity index (χ4v) is 2.69. The normalized spacial score (nSPS) is 13.8. The van der Waals surface area contributed by atoms with E-state index in [2.05, 4.69) is 4.99 Å². The Morgan fingerprint density at radius 2 is 2.25 bits per heavy atom. The van der Waals surface area contributed by atoms with Gasteiger partial charge in [0.1, 0.15) is 0 Å². The summed E-state index contributed by atoms with van der Waals surface area (Å²) in [7, 11) is 1.88. The Morgan fingerprint density at radius 3 is 3.05 bits per heavy atom. The third kappa shape index (κ3) is 2.75. The van der Waals surface area contributed by atoms with Crippen LogP contribution >= 0.6 is 11.3 Å². The Morgan fingerprint density at radius 1 is 1.40 bits per heavy atom. The maximum atomic E-state index is 11.8. The summed E-state index contributed by atoms with van der Waals surface area (Å²) in [5, 5.41) is 1.91. The largest absolute Gasteiger partial charge is 0.454 e. The van der Waals surface area contributed by atoms with Gasteiger partial charge in [0.2, 0.25) is 12.7 Å². The minimum absolute atomic E-state index is 0.110. The van der Waals surface area contributed by atoms with Crippen LogP contribution < -0.4 is 14.3 Å². The fourth-order valence-electron chi connectivity index (χ4n) is 1.94. The van der Waals surface area contributed by atoms with E-state index in [1.807, 2.05) is 41.4 Å². The summed E-state index contributed by atoms with van der Waals surface area (Å²) < 4.78 is 12.4. The molecule has 3 rings (SSSR count). The van der Waals surface area contributed by atoms with Gasteiger partial charge in [-0.1, -0.05) is 6.07 Å². The van der Waals surface area contributed by atoms with Crippen LogP contribution in [0.25, 0.3) is 0 Å². The van der Waals surface area contributed by atoms with E-state index in [4.69, 9.17) is 9.47 Å². The van der Waals surface area contributed by atoms with Gasteiger partial charge in [0.15, 0.2) is 16.3 Å². The summed E-state index contributed by atoms with van der Waals surface area (Å²) in [6.45, 7) is 0.266. The zero-order valence-corrected chi connectivity index (χ0v) is 11.9. The van der Waals surface area contributed by atoms with E-state index in [-0.39, 0.29) is 12.7 Å². The molecule has 20 heavy (non-hydrogen) atoms. The van der Waals surface area contributed by atoms with Crippen molar-refractivity contribution in [2.45, 2.75) is 12.8 Å². The lowest BCUT2D eigenvalue weighted by Gasteiger charge is -2.01. The molecule has 0 fully saturated rings. The lowest BCUT2D eigenvalue weighted by molar-refractivity contribution is -0.118. The third-order valence-electron chi connectivity index (χ3n) is 3.04. The Kier molecular flexibility index (Phi) is 3.56. The van der Waals surface area contributed by atoms with Crippen LogP contribution in [-0.2, 0) is 18.3 Å². The molecule has 0 N–H and O–H groups in total. The van der Waals surface area contributed by atoms with E-state index >= 15 is 0 Å². The number of rotatable bonds is 3. The van der Waals surface area contributed by atoms with Gasteiger partial charge in [0.25, 0.3) is 0 Å². The number of ether oxygens (including phenoxy) is 2. The minimum atomic E-state index is -0.110. The number of aryl methyl sites for hydroxylation is 2. The van der Waals surface area contributed by atoms with E-state index in [0.29, 0.717) is 12.8 Å². The van der Waals surface area contributed by atoms with Crippen molar-refractivity contribution in [1.82, 2.24) is 4.57 Å². The average Bonchev–Trinajstić information content (AvgIpc) is 3.05. The predicted octanol–water partition coefficient (Wildman–Crippen LogP) is 1.88. The van der Waals surface area contributed by atoms with E-state index in [0.717, 1.165) is 21.9 Å². The number of amides is 1. The first-order valence-electron chi connectivity index (χ1n) is 6.28. The standard InChI is InChI=1S/C14H14N2O3S/c1-16-6-7-20-14(16)15-13(17)5-3-10-2-4-11-12(8-10)19-9-18-11/h2,4,6-8H,3,5,9H2,1H3. The summed E-state index contributed by atoms with van der Waals surface area (Å²) in [5.74, 6) is 1.40. The first-order chi connectivity index (χ1) is 9.72. The van der Waals surface area contributed by atoms with Crippen LogP contribution in [0.2, 0.25) is 0 Å². The zero-order chi connectivity index (χ0) is 13.9. The van der Waals surface area contributed by atoms with Gasteiger partial charge >= 0.3 is 0 Å². The molecule has 5 nitrogen and oxygen atoms in total. The molecule has 0 atom stereocenters. The number of thiazole rings is 1. The van der Waals surface area contributed by atoms with Gasteiger partial charge in [-0.3, -0.25) is 4.79 Å². The van der Waals surface area contributed by atoms with E-state index < -0.39 is 0 Å². The lowest BCUT2D eigenvalue weighted by atomic mass is 10.1. The molecule has 104 valence electrons. The average molecular weight is 290 g/mol. The molecule has 0 saturated heterocycles. The number of carbonyl (C=O) groups is 1. The molecule has 1 aromatic carbocycles. The highest BCUT2D eigenvalue weighted by Crippen LogP contribution is 2.32. The number of hydrogen-bond acceptors (Lipinski definition) is 4. The van der Waals surface area contributed by atoms with Crippen LogP contribution in [0.3, 0.4) is 0 Å². The monoisotopic (exact) mass is 290 g/mol. The second-order valence-electron chi connectivity index (χ2n) is 4.49. The summed E-state index contributed by atoms with van der Waals surface area (Å²) >= 11 is 1.45. The number of fused-ring (bicyclic) bond motifs is 1. The van der Waals surface area contributed by atoms with Crippen molar-refractivity contribution in [3.05, 3.63) is 40.1 Å². The number of benzene rings is 1. The fraction of sp³-hybridized carbons (Fsp3) is 0.286. The molecule has 1 aliphatic rings. The highest BCUT2D eigenvalue weighted by molar-refractivity contribution is 7.07. The van der Waals surface area contributed by atoms with Gasteiger partial charge in [-0.15, -0.1) is 11.3 Å². The number of hydrogen-bond donors (Lipinski definition) is 0. The van der Waals surface area contributed by atoms with Crippen molar-refractivity contribution in [2.75, 3.05) is 6.79 Å². The molecule has 0 radical (unpaired) electrons. The van der Waals surface area contributed by atoms with Crippen molar-refractivity contribution in [2.24, 2.45) is 12.0 Å². The number of carbonyl (C=O) groups excluding carboxylic acids is 1. The quantitative estimate of drug-likeness (QED) is 0.867. The Labute approximate surface area is 120 Å². The Bertz CT molecular complexity index is 702. The first-order valence-corrected chi connectivity index (χ1v) is 7.16. The van der Waals surface area contributed by atoms with Crippen LogP contribution in [0.4, 0.5) is 0 Å². The summed E-state index contributed by atoms with van der Waals surface area (Å²) in [6, 6.07) is 5.74. The molecule has 2 heterocycles. The zero-order valence-electron chi connectivity index (χ0n) is 11.0. The highest BCUT2D eigenvalue weighted by atomic mass is 32.1. The molecule has 0 spiro atoms. The Balaban J connectivity index is 1.65. The molecular weight excluding hydrogens is 276 g/mol. The number of nitrogens with zero attached hydrogens (tertiary/aromatic N) is 2. The van der Waals surface area contributed by atoms with Crippen molar-refractivity contribution >= 4 is 17.2 Å². The molecular formula is C14H14N2O3S. The predicted molar refractivity (Wildman–Crippen MR) is 74.7 cm³/mol. The van der Waals surface area contributed by atoms with Crippen LogP contribution in [0.5, 0.6) is 11.5 Å². The minimum Gasteiger partial charge on any atom is -0.454 e. The van der Waals surface area contributed by atoms with Crippen molar-refractivity contribution < 1.29 is 14.3 Å². The lowest BCUT2D eigenvalue weighted by Crippen LogP contribution is -2.12. The van der Waals surface area contributed by atoms with Gasteiger partial charge in [0.05, 0.1) is 0 Å². The van der Waals surface area contributed by atoms with Gasteiger partial charge in [-0.05, 0) is 24.1 Å². The van der Waals surface area contributed by atoms with Crippen LogP contribution in [-0.4, -0.2) is 17.3 Å². The van der Waals surface area contributed by atoms with Gasteiger partial charge < -0.3 is 14.0 Å². The second kappa shape index (κ2) is 5.50. The SMILES string of the molecule is Cn1ccsc1=NC(=O)CCc1ccc2c(c1)OCO2. The van der Waals surface area contributed by atoms with Gasteiger partial charge in [-0.25, -0.2) is 0 Å². The van der Waals surface area contributed by atoms with E-state index in [1.165, 1.54) is 11.3 Å². The van der Waals surface area contributed by atoms with Gasteiger partial charge in [0, 0.05) is 25.0 Å². The van der Waals surface area contributed by atoms with E-state index in [1.54, 1.807) is 0 Å². The summed E-state index contributed by atoms with van der Waals surface area (Å²) in [4.78, 5) is 16.7. The molecule has 1 aliphatic heterocycles. The molecule has 1 aromatic heterocycles. The summed E-state index contributed by atoms with van der Waals surface area (Å²) in [6.07, 6.45) is 2.92.